The third-order valence-electron chi connectivity index (χ3n) is 22.8. The van der Waals surface area contributed by atoms with Crippen LogP contribution in [0.15, 0.2) is 385 Å². The summed E-state index contributed by atoms with van der Waals surface area (Å²) in [6, 6.07) is 131. The van der Waals surface area contributed by atoms with E-state index >= 15 is 0 Å². The minimum Gasteiger partial charge on any atom is -0.507 e. The first-order valence-corrected chi connectivity index (χ1v) is 39.2. The first-order valence-electron chi connectivity index (χ1n) is 39.2. The van der Waals surface area contributed by atoms with E-state index in [1.54, 1.807) is 12.1 Å². The molecule has 10 nitrogen and oxygen atoms in total. The van der Waals surface area contributed by atoms with E-state index in [1.807, 2.05) is 97.3 Å². The summed E-state index contributed by atoms with van der Waals surface area (Å²) in [7, 11) is 0. The molecule has 6 aromatic heterocycles. The molecule has 22 rings (SSSR count). The molecule has 0 aliphatic heterocycles. The number of imidazole rings is 2. The van der Waals surface area contributed by atoms with E-state index < -0.39 is 0 Å². The summed E-state index contributed by atoms with van der Waals surface area (Å²) in [6.45, 7) is 4.52. The van der Waals surface area contributed by atoms with Crippen LogP contribution in [0.5, 0.6) is 11.5 Å². The van der Waals surface area contributed by atoms with Crippen molar-refractivity contribution in [2.75, 3.05) is 0 Å². The average Bonchev–Trinajstić information content (AvgIpc) is 1.61. The summed E-state index contributed by atoms with van der Waals surface area (Å²) in [4.78, 5) is 21.0. The summed E-state index contributed by atoms with van der Waals surface area (Å²) in [5, 5.41) is 31.3. The third kappa shape index (κ3) is 13.4. The van der Waals surface area contributed by atoms with Gasteiger partial charge in [0.2, 0.25) is 0 Å². The quantitative estimate of drug-likeness (QED) is 0.109. The number of rotatable bonds is 13. The van der Waals surface area contributed by atoms with Gasteiger partial charge in [-0.05, 0) is 117 Å². The molecule has 0 spiro atoms. The fourth-order valence-corrected chi connectivity index (χ4v) is 16.9. The predicted molar refractivity (Wildman–Crippen MR) is 476 cm³/mol. The second kappa shape index (κ2) is 31.1. The zero-order valence-corrected chi connectivity index (χ0v) is 68.9. The number of phenolic OH excluding ortho intramolecular Hbond substituents is 2. The Labute approximate surface area is 714 Å². The number of furan rings is 2. The Balaban J connectivity index is 0.000000155. The Morgan fingerprint density at radius 2 is 0.681 bits per heavy atom. The van der Waals surface area contributed by atoms with Crippen LogP contribution in [0.2, 0.25) is 0 Å². The maximum absolute atomic E-state index is 11.3. The molecule has 0 aliphatic rings. The van der Waals surface area contributed by atoms with Gasteiger partial charge < -0.3 is 19.0 Å². The summed E-state index contributed by atoms with van der Waals surface area (Å²) in [5.74, 6) is 1.61. The maximum Gasteiger partial charge on any atom is 0.148 e. The van der Waals surface area contributed by atoms with Gasteiger partial charge in [0.15, 0.2) is 0 Å². The van der Waals surface area contributed by atoms with E-state index in [-0.39, 0.29) is 59.0 Å². The molecule has 0 radical (unpaired) electrons. The van der Waals surface area contributed by atoms with Gasteiger partial charge in [0, 0.05) is 104 Å². The molecule has 12 heteroatoms. The number of fused-ring (bicyclic) bond motifs is 12. The summed E-state index contributed by atoms with van der Waals surface area (Å²) in [5.41, 5.74) is 25.0. The van der Waals surface area contributed by atoms with Gasteiger partial charge in [-0.25, -0.2) is 9.97 Å². The molecular weight excluding hydrogens is 1820 g/mol. The third-order valence-corrected chi connectivity index (χ3v) is 22.8. The van der Waals surface area contributed by atoms with Gasteiger partial charge in [0.25, 0.3) is 0 Å². The molecule has 0 saturated carbocycles. The van der Waals surface area contributed by atoms with Crippen LogP contribution in [0.1, 0.15) is 25.0 Å². The van der Waals surface area contributed by atoms with Crippen molar-refractivity contribution in [3.05, 3.63) is 400 Å². The fraction of sp³-hybridized carbons (Fsp3) is 0.0280. The van der Waals surface area contributed by atoms with Crippen molar-refractivity contribution < 1.29 is 61.2 Å². The monoisotopic (exact) mass is 1890 g/mol. The van der Waals surface area contributed by atoms with Gasteiger partial charge in [-0.2, -0.15) is 0 Å². The Kier molecular flexibility index (Phi) is 19.6. The number of para-hydroxylation sites is 6. The van der Waals surface area contributed by atoms with Crippen molar-refractivity contribution in [1.29, 1.82) is 0 Å². The first kappa shape index (κ1) is 74.9. The molecule has 0 bridgehead atoms. The number of phenols is 2. The molecule has 16 aromatic carbocycles. The van der Waals surface area contributed by atoms with Gasteiger partial charge in [-0.3, -0.25) is 19.1 Å². The second-order valence-electron chi connectivity index (χ2n) is 30.1. The number of aromatic hydroxyl groups is 2. The van der Waals surface area contributed by atoms with Gasteiger partial charge in [0.1, 0.15) is 45.5 Å². The number of hydrogen-bond acceptors (Lipinski definition) is 8. The molecule has 22 aromatic rings. The molecule has 0 unspecified atom stereocenters. The van der Waals surface area contributed by atoms with Crippen LogP contribution in [0.4, 0.5) is 0 Å². The average molecular weight is 1890 g/mol. The Morgan fingerprint density at radius 3 is 1.16 bits per heavy atom. The number of hydrogen-bond donors (Lipinski definition) is 2. The summed E-state index contributed by atoms with van der Waals surface area (Å²) >= 11 is 0. The van der Waals surface area contributed by atoms with Gasteiger partial charge in [-0.15, -0.1) is 53.1 Å². The topological polar surface area (TPSA) is 128 Å². The molecule has 0 saturated heterocycles. The molecule has 0 amide bonds. The van der Waals surface area contributed by atoms with Crippen LogP contribution in [-0.2, 0) is 47.5 Å². The normalized spacial score (nSPS) is 11.5. The molecule has 574 valence electrons. The van der Waals surface area contributed by atoms with Crippen LogP contribution in [0, 0.1) is 12.1 Å². The van der Waals surface area contributed by atoms with Gasteiger partial charge >= 0.3 is 0 Å². The van der Waals surface area contributed by atoms with Gasteiger partial charge in [0.05, 0.1) is 44.6 Å². The molecule has 0 aliphatic carbocycles. The number of pyridine rings is 2. The van der Waals surface area contributed by atoms with Crippen molar-refractivity contribution in [2.24, 2.45) is 0 Å². The molecule has 0 fully saturated rings. The van der Waals surface area contributed by atoms with Crippen molar-refractivity contribution in [3.8, 4) is 124 Å². The van der Waals surface area contributed by atoms with Crippen LogP contribution in [0.25, 0.3) is 200 Å². The minimum absolute atomic E-state index is 0. The molecule has 2 N–H and O–H groups in total. The van der Waals surface area contributed by atoms with Crippen LogP contribution in [0.3, 0.4) is 0 Å². The smallest absolute Gasteiger partial charge is 0.148 e. The van der Waals surface area contributed by atoms with E-state index in [0.29, 0.717) is 22.8 Å². The first-order chi connectivity index (χ1) is 57.6. The van der Waals surface area contributed by atoms with E-state index in [9.17, 15) is 10.2 Å². The van der Waals surface area contributed by atoms with Crippen molar-refractivity contribution in [2.45, 2.75) is 19.3 Å². The van der Waals surface area contributed by atoms with Crippen LogP contribution in [-0.4, -0.2) is 39.3 Å². The predicted octanol–water partition coefficient (Wildman–Crippen LogP) is 27.3. The zero-order chi connectivity index (χ0) is 78.2. The van der Waals surface area contributed by atoms with E-state index in [0.717, 1.165) is 183 Å². The maximum atomic E-state index is 11.3. The largest absolute Gasteiger partial charge is 0.507 e. The zero-order valence-electron chi connectivity index (χ0n) is 64.3. The van der Waals surface area contributed by atoms with Crippen molar-refractivity contribution in [3.63, 3.8) is 0 Å². The Bertz CT molecular complexity index is 7650. The SMILES string of the molecule is CC(C)(c1ccccc1)c1cc(-c2cc3oc4ccc5ccccc5c4c3cn2)[c-]c(-c2cccc3c2nc(-c2ccccc2O)n3-c2ccccc2-c2ccccc2)c1.Oc1ccccc1-c1nc2c(-c3[c-]c(-c4cc5oc6ccc7ccccc7c6c5cn4)cc(-c4ccccc4)c3)cccc2n1-c1ccccc1-c1ccccc1.[Pt].[Pt]. The Morgan fingerprint density at radius 1 is 0.303 bits per heavy atom. The summed E-state index contributed by atoms with van der Waals surface area (Å²) < 4.78 is 17.3. The van der Waals surface area contributed by atoms with Crippen molar-refractivity contribution in [1.82, 2.24) is 29.1 Å². The van der Waals surface area contributed by atoms with Crippen LogP contribution >= 0.6 is 0 Å². The Hall–Kier alpha value is -14.1. The van der Waals surface area contributed by atoms with E-state index in [2.05, 4.69) is 302 Å². The van der Waals surface area contributed by atoms with Crippen LogP contribution < -0.4 is 0 Å². The molecule has 0 atom stereocenters. The summed E-state index contributed by atoms with van der Waals surface area (Å²) in [6.07, 6.45) is 3.87. The minimum atomic E-state index is -0.370. The number of benzene rings is 16. The van der Waals surface area contributed by atoms with Crippen molar-refractivity contribution >= 4 is 87.5 Å². The van der Waals surface area contributed by atoms with E-state index in [1.165, 1.54) is 5.56 Å². The molecule has 6 heterocycles. The fourth-order valence-electron chi connectivity index (χ4n) is 16.9. The number of aromatic nitrogens is 6. The van der Waals surface area contributed by atoms with Gasteiger partial charge in [-0.1, -0.05) is 309 Å². The number of nitrogens with zero attached hydrogens (tertiary/aromatic N) is 6. The van der Waals surface area contributed by atoms with E-state index in [4.69, 9.17) is 28.8 Å². The standard InChI is InChI=1S/C55H38N3O2.C52H32N3O2.2Pt/c1-55(2,39-19-7-4-8-20-39)40-31-37(30-38(32-40)46-33-51-45(34-56-46)52-42-22-10-9-18-36(42)28-29-50(52)60-51)43-24-15-26-48-53(43)57-54(44-23-12-14-27-49(44)59)58(48)47-25-13-11-21-41(47)35-16-5-3-6-17-35;56-47-25-12-10-21-42(47)52-54-51-41(22-13-24-46(51)55(52)45-23-11-9-19-39(45)34-16-5-2-6-17-34)37-28-36(33-14-3-1-4-15-33)29-38(30-37)44-31-49-43(32-53-44)50-40-20-8-7-18-35(40)26-27-48(50)57-49;;/h3-29,31-34,59H,1-2H3;1-29,31-32,56H;;/q2*-1;;. The molecular formula is C107H70N6O4Pt2-2. The molecule has 119 heavy (non-hydrogen) atoms. The second-order valence-corrected chi connectivity index (χ2v) is 30.1.